The Morgan fingerprint density at radius 3 is 3.04 bits per heavy atom. The molecule has 1 amide bonds. The topological polar surface area (TPSA) is 72.1 Å². The third-order valence-corrected chi connectivity index (χ3v) is 6.20. The maximum atomic E-state index is 13.5. The highest BCUT2D eigenvalue weighted by molar-refractivity contribution is 7.09. The minimum atomic E-state index is 0.0755. The van der Waals surface area contributed by atoms with E-state index in [1.165, 1.54) is 0 Å². The second-order valence-corrected chi connectivity index (χ2v) is 8.44. The summed E-state index contributed by atoms with van der Waals surface area (Å²) >= 11 is 1.69. The van der Waals surface area contributed by atoms with E-state index in [4.69, 9.17) is 4.52 Å². The third kappa shape index (κ3) is 3.81. The lowest BCUT2D eigenvalue weighted by Crippen LogP contribution is -2.40. The molecule has 1 aliphatic rings. The predicted molar refractivity (Wildman–Crippen MR) is 110 cm³/mol. The summed E-state index contributed by atoms with van der Waals surface area (Å²) in [6.45, 7) is 5.71. The van der Waals surface area contributed by atoms with Crippen molar-refractivity contribution in [2.45, 2.75) is 52.4 Å². The van der Waals surface area contributed by atoms with Crippen LogP contribution in [0.3, 0.4) is 0 Å². The number of pyridine rings is 1. The van der Waals surface area contributed by atoms with Gasteiger partial charge in [0.05, 0.1) is 21.7 Å². The van der Waals surface area contributed by atoms with Crippen molar-refractivity contribution in [3.05, 3.63) is 39.6 Å². The largest absolute Gasteiger partial charge is 0.338 e. The van der Waals surface area contributed by atoms with Gasteiger partial charge in [0.1, 0.15) is 0 Å². The van der Waals surface area contributed by atoms with Crippen LogP contribution in [0.2, 0.25) is 0 Å². The molecule has 0 bridgehead atoms. The van der Waals surface area contributed by atoms with Crippen LogP contribution >= 0.6 is 11.3 Å². The lowest BCUT2D eigenvalue weighted by molar-refractivity contribution is 0.0675. The molecule has 7 heteroatoms. The van der Waals surface area contributed by atoms with Gasteiger partial charge in [0.2, 0.25) is 0 Å². The summed E-state index contributed by atoms with van der Waals surface area (Å²) in [4.78, 5) is 24.5. The monoisotopic (exact) mass is 398 g/mol. The molecule has 148 valence electrons. The van der Waals surface area contributed by atoms with Gasteiger partial charge >= 0.3 is 0 Å². The van der Waals surface area contributed by atoms with E-state index in [0.717, 1.165) is 73.4 Å². The summed E-state index contributed by atoms with van der Waals surface area (Å²) < 4.78 is 5.47. The second-order valence-electron chi connectivity index (χ2n) is 7.46. The molecule has 1 atom stereocenters. The summed E-state index contributed by atoms with van der Waals surface area (Å²) in [6.07, 6.45) is 7.46. The van der Waals surface area contributed by atoms with Crippen LogP contribution in [0.4, 0.5) is 0 Å². The number of hydrogen-bond donors (Lipinski definition) is 0. The molecule has 4 heterocycles. The number of likely N-dealkylation sites (tertiary alicyclic amines) is 1. The standard InChI is InChI=1S/C21H26N4O2S/c1-3-6-17-19-16(12-15(4-2)23-20(19)27-24-17)21(26)25-9-5-7-14(13-25)11-18-22-8-10-28-18/h8,10,12,14H,3-7,9,11,13H2,1-2H3. The molecule has 1 fully saturated rings. The van der Waals surface area contributed by atoms with Crippen molar-refractivity contribution in [1.82, 2.24) is 20.0 Å². The molecule has 0 aliphatic carbocycles. The molecule has 0 aromatic carbocycles. The van der Waals surface area contributed by atoms with Gasteiger partial charge in [-0.1, -0.05) is 25.4 Å². The Labute approximate surface area is 169 Å². The van der Waals surface area contributed by atoms with E-state index in [2.05, 4.69) is 22.0 Å². The molecule has 6 nitrogen and oxygen atoms in total. The van der Waals surface area contributed by atoms with Crippen LogP contribution < -0.4 is 0 Å². The van der Waals surface area contributed by atoms with Crippen LogP contribution in [0.5, 0.6) is 0 Å². The summed E-state index contributed by atoms with van der Waals surface area (Å²) in [7, 11) is 0. The first kappa shape index (κ1) is 19.1. The number of nitrogens with zero attached hydrogens (tertiary/aromatic N) is 4. The van der Waals surface area contributed by atoms with Crippen LogP contribution in [0.1, 0.15) is 59.9 Å². The van der Waals surface area contributed by atoms with Crippen molar-refractivity contribution < 1.29 is 9.32 Å². The number of hydrogen-bond acceptors (Lipinski definition) is 6. The van der Waals surface area contributed by atoms with Gasteiger partial charge in [0, 0.05) is 36.8 Å². The zero-order valence-electron chi connectivity index (χ0n) is 16.5. The van der Waals surface area contributed by atoms with Crippen LogP contribution in [-0.2, 0) is 19.3 Å². The van der Waals surface area contributed by atoms with Gasteiger partial charge in [-0.3, -0.25) is 4.79 Å². The molecule has 1 aliphatic heterocycles. The molecule has 3 aromatic rings. The van der Waals surface area contributed by atoms with Gasteiger partial charge in [-0.05, 0) is 37.7 Å². The normalized spacial score (nSPS) is 17.4. The van der Waals surface area contributed by atoms with E-state index in [1.807, 2.05) is 29.5 Å². The fraction of sp³-hybridized carbons (Fsp3) is 0.524. The molecular weight excluding hydrogens is 372 g/mol. The van der Waals surface area contributed by atoms with E-state index in [-0.39, 0.29) is 5.91 Å². The van der Waals surface area contributed by atoms with Crippen molar-refractivity contribution in [2.24, 2.45) is 5.92 Å². The highest BCUT2D eigenvalue weighted by Crippen LogP contribution is 2.28. The Bertz CT molecular complexity index is 951. The van der Waals surface area contributed by atoms with E-state index in [0.29, 0.717) is 17.2 Å². The summed E-state index contributed by atoms with van der Waals surface area (Å²) in [5.74, 6) is 0.538. The average Bonchev–Trinajstić information content (AvgIpc) is 3.37. The van der Waals surface area contributed by atoms with Gasteiger partial charge in [-0.2, -0.15) is 0 Å². The fourth-order valence-corrected chi connectivity index (χ4v) is 4.74. The molecule has 0 N–H and O–H groups in total. The summed E-state index contributed by atoms with van der Waals surface area (Å²) in [5, 5.41) is 8.17. The zero-order chi connectivity index (χ0) is 19.5. The Morgan fingerprint density at radius 2 is 2.29 bits per heavy atom. The first-order chi connectivity index (χ1) is 13.7. The molecule has 3 aromatic heterocycles. The van der Waals surface area contributed by atoms with Crippen molar-refractivity contribution >= 4 is 28.3 Å². The van der Waals surface area contributed by atoms with Crippen LogP contribution in [0, 0.1) is 5.92 Å². The Balaban J connectivity index is 1.62. The molecular formula is C21H26N4O2S. The van der Waals surface area contributed by atoms with Crippen molar-refractivity contribution in [3.8, 4) is 0 Å². The highest BCUT2D eigenvalue weighted by Gasteiger charge is 2.28. The molecule has 0 spiro atoms. The van der Waals surface area contributed by atoms with E-state index >= 15 is 0 Å². The van der Waals surface area contributed by atoms with Gasteiger partial charge in [-0.15, -0.1) is 11.3 Å². The number of carbonyl (C=O) groups is 1. The van der Waals surface area contributed by atoms with Gasteiger partial charge in [0.15, 0.2) is 0 Å². The third-order valence-electron chi connectivity index (χ3n) is 5.40. The molecule has 1 saturated heterocycles. The van der Waals surface area contributed by atoms with Crippen LogP contribution in [0.25, 0.3) is 11.1 Å². The zero-order valence-corrected chi connectivity index (χ0v) is 17.3. The first-order valence-corrected chi connectivity index (χ1v) is 11.0. The Kier molecular flexibility index (Phi) is 5.71. The number of piperidine rings is 1. The number of rotatable bonds is 6. The Morgan fingerprint density at radius 1 is 1.39 bits per heavy atom. The van der Waals surface area contributed by atoms with Crippen LogP contribution in [-0.4, -0.2) is 39.0 Å². The maximum Gasteiger partial charge on any atom is 0.259 e. The van der Waals surface area contributed by atoms with E-state index in [1.54, 1.807) is 11.3 Å². The van der Waals surface area contributed by atoms with Crippen molar-refractivity contribution in [3.63, 3.8) is 0 Å². The second kappa shape index (κ2) is 8.39. The van der Waals surface area contributed by atoms with Gasteiger partial charge in [0.25, 0.3) is 11.6 Å². The molecule has 0 radical (unpaired) electrons. The number of aryl methyl sites for hydroxylation is 2. The number of aromatic nitrogens is 3. The van der Waals surface area contributed by atoms with Gasteiger partial charge < -0.3 is 9.42 Å². The van der Waals surface area contributed by atoms with Gasteiger partial charge in [-0.25, -0.2) is 9.97 Å². The SMILES string of the molecule is CCCc1noc2nc(CC)cc(C(=O)N3CCCC(Cc4nccs4)C3)c12. The number of amides is 1. The minimum Gasteiger partial charge on any atom is -0.338 e. The summed E-state index contributed by atoms with van der Waals surface area (Å²) in [6, 6.07) is 1.94. The molecule has 28 heavy (non-hydrogen) atoms. The Hall–Kier alpha value is -2.28. The maximum absolute atomic E-state index is 13.5. The van der Waals surface area contributed by atoms with Crippen LogP contribution in [0.15, 0.2) is 22.2 Å². The predicted octanol–water partition coefficient (Wildman–Crippen LogP) is 4.29. The fourth-order valence-electron chi connectivity index (χ4n) is 4.01. The smallest absolute Gasteiger partial charge is 0.259 e. The molecule has 1 unspecified atom stereocenters. The number of carbonyl (C=O) groups excluding carboxylic acids is 1. The van der Waals surface area contributed by atoms with Crippen molar-refractivity contribution in [1.29, 1.82) is 0 Å². The highest BCUT2D eigenvalue weighted by atomic mass is 32.1. The minimum absolute atomic E-state index is 0.0755. The first-order valence-electron chi connectivity index (χ1n) is 10.1. The van der Waals surface area contributed by atoms with E-state index < -0.39 is 0 Å². The lowest BCUT2D eigenvalue weighted by atomic mass is 9.94. The molecule has 4 rings (SSSR count). The van der Waals surface area contributed by atoms with Crippen molar-refractivity contribution in [2.75, 3.05) is 13.1 Å². The van der Waals surface area contributed by atoms with E-state index in [9.17, 15) is 4.79 Å². The number of fused-ring (bicyclic) bond motifs is 1. The average molecular weight is 399 g/mol. The number of thiazole rings is 1. The summed E-state index contributed by atoms with van der Waals surface area (Å²) in [5.41, 5.74) is 2.89. The lowest BCUT2D eigenvalue weighted by Gasteiger charge is -2.32. The quantitative estimate of drug-likeness (QED) is 0.619. The molecule has 0 saturated carbocycles.